The van der Waals surface area contributed by atoms with E-state index in [4.69, 9.17) is 15.3 Å². The number of hydrogen-bond acceptors (Lipinski definition) is 4. The molecule has 0 unspecified atom stereocenters. The van der Waals surface area contributed by atoms with Crippen molar-refractivity contribution in [3.63, 3.8) is 0 Å². The zero-order chi connectivity index (χ0) is 12.5. The van der Waals surface area contributed by atoms with Crippen molar-refractivity contribution in [2.75, 3.05) is 26.9 Å². The fourth-order valence-corrected chi connectivity index (χ4v) is 1.40. The second-order valence-corrected chi connectivity index (χ2v) is 3.30. The van der Waals surface area contributed by atoms with E-state index in [-0.39, 0.29) is 0 Å². The molecule has 1 aromatic carbocycles. The summed E-state index contributed by atoms with van der Waals surface area (Å²) in [6.07, 6.45) is 0. The van der Waals surface area contributed by atoms with Crippen molar-refractivity contribution in [1.29, 1.82) is 0 Å². The SMILES string of the molecule is CCOc1ccccc1C(=NCCOC)NN. The van der Waals surface area contributed by atoms with Crippen LogP contribution in [0.25, 0.3) is 0 Å². The van der Waals surface area contributed by atoms with Gasteiger partial charge in [0.15, 0.2) is 0 Å². The molecular formula is C12H19N3O2. The van der Waals surface area contributed by atoms with Gasteiger partial charge in [-0.2, -0.15) is 0 Å². The maximum absolute atomic E-state index is 5.52. The Bertz CT molecular complexity index is 367. The molecule has 17 heavy (non-hydrogen) atoms. The first-order chi connectivity index (χ1) is 8.33. The molecule has 0 aliphatic heterocycles. The summed E-state index contributed by atoms with van der Waals surface area (Å²) in [5.74, 6) is 6.85. The van der Waals surface area contributed by atoms with E-state index < -0.39 is 0 Å². The molecule has 0 spiro atoms. The van der Waals surface area contributed by atoms with Crippen LogP contribution in [0.1, 0.15) is 12.5 Å². The molecule has 3 N–H and O–H groups in total. The number of hydrogen-bond donors (Lipinski definition) is 2. The molecule has 0 fully saturated rings. The van der Waals surface area contributed by atoms with Gasteiger partial charge in [-0.15, -0.1) is 0 Å². The smallest absolute Gasteiger partial charge is 0.146 e. The van der Waals surface area contributed by atoms with E-state index in [1.807, 2.05) is 31.2 Å². The van der Waals surface area contributed by atoms with E-state index in [1.165, 1.54) is 0 Å². The topological polar surface area (TPSA) is 68.9 Å². The molecule has 0 aliphatic rings. The van der Waals surface area contributed by atoms with Gasteiger partial charge in [0.25, 0.3) is 0 Å². The van der Waals surface area contributed by atoms with E-state index in [2.05, 4.69) is 10.4 Å². The molecule has 0 saturated carbocycles. The standard InChI is InChI=1S/C12H19N3O2/c1-3-17-11-7-5-4-6-10(11)12(15-13)14-8-9-16-2/h4-7H,3,8-9,13H2,1-2H3,(H,14,15). The molecule has 0 aliphatic carbocycles. The van der Waals surface area contributed by atoms with Gasteiger partial charge in [-0.3, -0.25) is 4.99 Å². The summed E-state index contributed by atoms with van der Waals surface area (Å²) >= 11 is 0. The second kappa shape index (κ2) is 7.65. The first-order valence-electron chi connectivity index (χ1n) is 5.55. The van der Waals surface area contributed by atoms with E-state index in [0.29, 0.717) is 25.6 Å². The Morgan fingerprint density at radius 3 is 2.82 bits per heavy atom. The van der Waals surface area contributed by atoms with Crippen LogP contribution in [0.4, 0.5) is 0 Å². The van der Waals surface area contributed by atoms with Crippen molar-refractivity contribution in [3.05, 3.63) is 29.8 Å². The lowest BCUT2D eigenvalue weighted by Gasteiger charge is -2.11. The van der Waals surface area contributed by atoms with Crippen LogP contribution in [0.5, 0.6) is 5.75 Å². The number of benzene rings is 1. The first kappa shape index (κ1) is 13.5. The number of nitrogens with one attached hydrogen (secondary N) is 1. The van der Waals surface area contributed by atoms with Gasteiger partial charge in [-0.05, 0) is 19.1 Å². The number of rotatable bonds is 6. The summed E-state index contributed by atoms with van der Waals surface area (Å²) in [7, 11) is 1.64. The van der Waals surface area contributed by atoms with E-state index >= 15 is 0 Å². The molecule has 5 nitrogen and oxygen atoms in total. The number of para-hydroxylation sites is 1. The Morgan fingerprint density at radius 2 is 2.18 bits per heavy atom. The van der Waals surface area contributed by atoms with Gasteiger partial charge < -0.3 is 14.9 Å². The summed E-state index contributed by atoms with van der Waals surface area (Å²) in [5, 5.41) is 0. The highest BCUT2D eigenvalue weighted by molar-refractivity contribution is 6.00. The Labute approximate surface area is 102 Å². The minimum atomic E-state index is 0.552. The van der Waals surface area contributed by atoms with Crippen molar-refractivity contribution in [1.82, 2.24) is 5.43 Å². The molecule has 0 saturated heterocycles. The van der Waals surface area contributed by atoms with Gasteiger partial charge in [0.1, 0.15) is 11.6 Å². The zero-order valence-electron chi connectivity index (χ0n) is 10.3. The second-order valence-electron chi connectivity index (χ2n) is 3.30. The fourth-order valence-electron chi connectivity index (χ4n) is 1.40. The number of ether oxygens (including phenoxy) is 2. The summed E-state index contributed by atoms with van der Waals surface area (Å²) in [6.45, 7) is 3.65. The summed E-state index contributed by atoms with van der Waals surface area (Å²) < 4.78 is 10.5. The Balaban J connectivity index is 2.90. The molecule has 1 rings (SSSR count). The highest BCUT2D eigenvalue weighted by atomic mass is 16.5. The molecular weight excluding hydrogens is 218 g/mol. The van der Waals surface area contributed by atoms with E-state index in [0.717, 1.165) is 11.3 Å². The predicted octanol–water partition coefficient (Wildman–Crippen LogP) is 0.942. The first-order valence-corrected chi connectivity index (χ1v) is 5.55. The third-order valence-corrected chi connectivity index (χ3v) is 2.14. The average molecular weight is 237 g/mol. The number of aliphatic imine (C=N–C) groups is 1. The minimum absolute atomic E-state index is 0.552. The van der Waals surface area contributed by atoms with Gasteiger partial charge >= 0.3 is 0 Å². The number of amidine groups is 1. The summed E-state index contributed by atoms with van der Waals surface area (Å²) in [4.78, 5) is 4.32. The largest absolute Gasteiger partial charge is 0.493 e. The minimum Gasteiger partial charge on any atom is -0.493 e. The van der Waals surface area contributed by atoms with Gasteiger partial charge in [-0.1, -0.05) is 12.1 Å². The van der Waals surface area contributed by atoms with Crippen LogP contribution in [0, 0.1) is 0 Å². The van der Waals surface area contributed by atoms with Gasteiger partial charge in [0, 0.05) is 7.11 Å². The molecule has 0 amide bonds. The van der Waals surface area contributed by atoms with Gasteiger partial charge in [0.05, 0.1) is 25.3 Å². The third-order valence-electron chi connectivity index (χ3n) is 2.14. The van der Waals surface area contributed by atoms with Crippen molar-refractivity contribution in [2.24, 2.45) is 10.8 Å². The Morgan fingerprint density at radius 1 is 1.41 bits per heavy atom. The van der Waals surface area contributed by atoms with Crippen molar-refractivity contribution in [3.8, 4) is 5.75 Å². The van der Waals surface area contributed by atoms with Crippen LogP contribution >= 0.6 is 0 Å². The highest BCUT2D eigenvalue weighted by Gasteiger charge is 2.08. The van der Waals surface area contributed by atoms with Crippen LogP contribution in [-0.2, 0) is 4.74 Å². The Hall–Kier alpha value is -1.59. The number of nitrogens with two attached hydrogens (primary N) is 1. The van der Waals surface area contributed by atoms with Crippen LogP contribution in [0.2, 0.25) is 0 Å². The summed E-state index contributed by atoms with van der Waals surface area (Å²) in [6, 6.07) is 7.64. The lowest BCUT2D eigenvalue weighted by molar-refractivity contribution is 0.208. The van der Waals surface area contributed by atoms with Crippen LogP contribution < -0.4 is 16.0 Å². The molecule has 0 bridgehead atoms. The molecule has 0 aromatic heterocycles. The number of methoxy groups -OCH3 is 1. The molecule has 0 atom stereocenters. The van der Waals surface area contributed by atoms with E-state index in [9.17, 15) is 0 Å². The molecule has 1 aromatic rings. The normalized spacial score (nSPS) is 11.4. The summed E-state index contributed by atoms with van der Waals surface area (Å²) in [5.41, 5.74) is 3.45. The van der Waals surface area contributed by atoms with Crippen LogP contribution in [0.3, 0.4) is 0 Å². The average Bonchev–Trinajstić information content (AvgIpc) is 2.36. The van der Waals surface area contributed by atoms with E-state index in [1.54, 1.807) is 7.11 Å². The van der Waals surface area contributed by atoms with Crippen molar-refractivity contribution in [2.45, 2.75) is 6.92 Å². The Kier molecular flexibility index (Phi) is 6.06. The predicted molar refractivity (Wildman–Crippen MR) is 68.2 cm³/mol. The number of hydrazine groups is 1. The number of nitrogens with zero attached hydrogens (tertiary/aromatic N) is 1. The molecule has 0 radical (unpaired) electrons. The van der Waals surface area contributed by atoms with Crippen LogP contribution in [-0.4, -0.2) is 32.7 Å². The fraction of sp³-hybridized carbons (Fsp3) is 0.417. The highest BCUT2D eigenvalue weighted by Crippen LogP contribution is 2.17. The zero-order valence-corrected chi connectivity index (χ0v) is 10.3. The van der Waals surface area contributed by atoms with Crippen LogP contribution in [0.15, 0.2) is 29.3 Å². The lowest BCUT2D eigenvalue weighted by atomic mass is 10.2. The molecule has 94 valence electrons. The monoisotopic (exact) mass is 237 g/mol. The molecule has 5 heteroatoms. The quantitative estimate of drug-likeness (QED) is 0.254. The van der Waals surface area contributed by atoms with Gasteiger partial charge in [0.2, 0.25) is 0 Å². The third kappa shape index (κ3) is 4.05. The molecule has 0 heterocycles. The van der Waals surface area contributed by atoms with Gasteiger partial charge in [-0.25, -0.2) is 5.84 Å². The maximum Gasteiger partial charge on any atom is 0.146 e. The van der Waals surface area contributed by atoms with Crippen molar-refractivity contribution >= 4 is 5.84 Å². The maximum atomic E-state index is 5.52. The lowest BCUT2D eigenvalue weighted by Crippen LogP contribution is -2.32. The van der Waals surface area contributed by atoms with Crippen molar-refractivity contribution < 1.29 is 9.47 Å².